The molecule has 2 aromatic carbocycles. The van der Waals surface area contributed by atoms with E-state index in [4.69, 9.17) is 0 Å². The Morgan fingerprint density at radius 3 is 2.24 bits per heavy atom. The first kappa shape index (κ1) is 18.7. The molecule has 132 valence electrons. The fourth-order valence-corrected chi connectivity index (χ4v) is 2.78. The summed E-state index contributed by atoms with van der Waals surface area (Å²) in [7, 11) is -3.32. The molecule has 0 saturated carbocycles. The highest BCUT2D eigenvalue weighted by atomic mass is 32.2. The van der Waals surface area contributed by atoms with Gasteiger partial charge in [-0.1, -0.05) is 12.1 Å². The lowest BCUT2D eigenvalue weighted by Crippen LogP contribution is -2.28. The number of carbonyl (C=O) groups is 1. The van der Waals surface area contributed by atoms with Crippen molar-refractivity contribution in [3.8, 4) is 0 Å². The third kappa shape index (κ3) is 5.72. The Morgan fingerprint density at radius 2 is 1.72 bits per heavy atom. The number of halogens is 1. The van der Waals surface area contributed by atoms with Crippen molar-refractivity contribution in [2.45, 2.75) is 6.92 Å². The van der Waals surface area contributed by atoms with Crippen LogP contribution in [0.4, 0.5) is 15.8 Å². The maximum atomic E-state index is 13.0. The molecule has 0 aliphatic heterocycles. The summed E-state index contributed by atoms with van der Waals surface area (Å²) in [6, 6.07) is 12.3. The van der Waals surface area contributed by atoms with Crippen LogP contribution in [0.5, 0.6) is 0 Å². The zero-order valence-corrected chi connectivity index (χ0v) is 14.8. The fourth-order valence-electron chi connectivity index (χ4n) is 2.22. The quantitative estimate of drug-likeness (QED) is 0.802. The Balaban J connectivity index is 2.09. The van der Waals surface area contributed by atoms with Gasteiger partial charge in [0.15, 0.2) is 0 Å². The number of hydrogen-bond acceptors (Lipinski definition) is 3. The molecule has 7 heteroatoms. The number of anilines is 2. The van der Waals surface area contributed by atoms with Crippen molar-refractivity contribution in [3.05, 3.63) is 66.0 Å². The van der Waals surface area contributed by atoms with Gasteiger partial charge in [-0.25, -0.2) is 12.8 Å². The predicted octanol–water partition coefficient (Wildman–Crippen LogP) is 3.26. The van der Waals surface area contributed by atoms with E-state index in [9.17, 15) is 17.6 Å². The summed E-state index contributed by atoms with van der Waals surface area (Å²) in [5.41, 5.74) is 1.82. The van der Waals surface area contributed by atoms with E-state index in [1.54, 1.807) is 42.5 Å². The average molecular weight is 362 g/mol. The fraction of sp³-hybridized carbons (Fsp3) is 0.167. The standard InChI is InChI=1S/C18H19FN2O3S/c1-3-21(17-11-7-15(19)8-12-17)18(22)13-6-14-4-9-16(10-5-14)20-25(2,23)24/h4-13,20H,3H2,1-2H3/b13-6+. The summed E-state index contributed by atoms with van der Waals surface area (Å²) in [6.45, 7) is 2.28. The van der Waals surface area contributed by atoms with Crippen molar-refractivity contribution < 1.29 is 17.6 Å². The van der Waals surface area contributed by atoms with Gasteiger partial charge in [0.1, 0.15) is 5.82 Å². The molecule has 0 aliphatic carbocycles. The van der Waals surface area contributed by atoms with Gasteiger partial charge in [-0.05, 0) is 55.0 Å². The van der Waals surface area contributed by atoms with E-state index in [2.05, 4.69) is 4.72 Å². The van der Waals surface area contributed by atoms with Gasteiger partial charge >= 0.3 is 0 Å². The van der Waals surface area contributed by atoms with Gasteiger partial charge in [0, 0.05) is 24.0 Å². The molecule has 0 aliphatic rings. The first-order valence-corrected chi connectivity index (χ1v) is 9.50. The van der Waals surface area contributed by atoms with Crippen LogP contribution in [0, 0.1) is 5.82 Å². The Kier molecular flexibility index (Phi) is 5.93. The van der Waals surface area contributed by atoms with Crippen LogP contribution in [0.25, 0.3) is 6.08 Å². The summed E-state index contributed by atoms with van der Waals surface area (Å²) in [5, 5.41) is 0. The summed E-state index contributed by atoms with van der Waals surface area (Å²) >= 11 is 0. The van der Waals surface area contributed by atoms with Gasteiger partial charge in [0.25, 0.3) is 5.91 Å². The van der Waals surface area contributed by atoms with E-state index in [1.807, 2.05) is 6.92 Å². The first-order valence-electron chi connectivity index (χ1n) is 7.61. The smallest absolute Gasteiger partial charge is 0.250 e. The number of carbonyl (C=O) groups excluding carboxylic acids is 1. The van der Waals surface area contributed by atoms with Crippen LogP contribution in [-0.4, -0.2) is 27.1 Å². The van der Waals surface area contributed by atoms with Crippen molar-refractivity contribution in [2.75, 3.05) is 22.4 Å². The average Bonchev–Trinajstić information content (AvgIpc) is 2.55. The lowest BCUT2D eigenvalue weighted by molar-refractivity contribution is -0.114. The molecule has 1 amide bonds. The molecule has 0 spiro atoms. The maximum absolute atomic E-state index is 13.0. The van der Waals surface area contributed by atoms with E-state index < -0.39 is 10.0 Å². The van der Waals surface area contributed by atoms with Gasteiger partial charge in [0.05, 0.1) is 6.26 Å². The van der Waals surface area contributed by atoms with Crippen LogP contribution < -0.4 is 9.62 Å². The Hall–Kier alpha value is -2.67. The van der Waals surface area contributed by atoms with E-state index in [-0.39, 0.29) is 11.7 Å². The summed E-state index contributed by atoms with van der Waals surface area (Å²) < 4.78 is 37.7. The highest BCUT2D eigenvalue weighted by molar-refractivity contribution is 7.92. The lowest BCUT2D eigenvalue weighted by atomic mass is 10.2. The van der Waals surface area contributed by atoms with E-state index in [1.165, 1.54) is 23.1 Å². The van der Waals surface area contributed by atoms with Gasteiger partial charge in [-0.15, -0.1) is 0 Å². The lowest BCUT2D eigenvalue weighted by Gasteiger charge is -2.19. The topological polar surface area (TPSA) is 66.5 Å². The van der Waals surface area contributed by atoms with Crippen LogP contribution in [0.3, 0.4) is 0 Å². The largest absolute Gasteiger partial charge is 0.309 e. The van der Waals surface area contributed by atoms with Crippen LogP contribution in [-0.2, 0) is 14.8 Å². The van der Waals surface area contributed by atoms with E-state index >= 15 is 0 Å². The van der Waals surface area contributed by atoms with Crippen LogP contribution in [0.1, 0.15) is 12.5 Å². The Labute approximate surface area is 146 Å². The minimum Gasteiger partial charge on any atom is -0.309 e. The highest BCUT2D eigenvalue weighted by Crippen LogP contribution is 2.16. The highest BCUT2D eigenvalue weighted by Gasteiger charge is 2.10. The number of nitrogens with zero attached hydrogens (tertiary/aromatic N) is 1. The van der Waals surface area contributed by atoms with Crippen molar-refractivity contribution in [3.63, 3.8) is 0 Å². The second-order valence-corrected chi connectivity index (χ2v) is 7.14. The normalized spacial score (nSPS) is 11.5. The molecule has 0 saturated heterocycles. The minimum atomic E-state index is -3.32. The molecule has 2 rings (SSSR count). The van der Waals surface area contributed by atoms with Crippen molar-refractivity contribution in [1.82, 2.24) is 0 Å². The third-order valence-electron chi connectivity index (χ3n) is 3.35. The second kappa shape index (κ2) is 7.94. The number of sulfonamides is 1. The monoisotopic (exact) mass is 362 g/mol. The second-order valence-electron chi connectivity index (χ2n) is 5.39. The molecule has 0 fully saturated rings. The third-order valence-corrected chi connectivity index (χ3v) is 3.96. The number of benzene rings is 2. The number of likely N-dealkylation sites (N-methyl/N-ethyl adjacent to an activating group) is 1. The summed E-state index contributed by atoms with van der Waals surface area (Å²) in [6.07, 6.45) is 4.14. The molecule has 0 radical (unpaired) electrons. The van der Waals surface area contributed by atoms with Crippen molar-refractivity contribution in [1.29, 1.82) is 0 Å². The van der Waals surface area contributed by atoms with Gasteiger partial charge in [-0.3, -0.25) is 9.52 Å². The molecule has 0 aromatic heterocycles. The van der Waals surface area contributed by atoms with E-state index in [0.29, 0.717) is 17.9 Å². The number of nitrogens with one attached hydrogen (secondary N) is 1. The molecule has 5 nitrogen and oxygen atoms in total. The molecular weight excluding hydrogens is 343 g/mol. The molecule has 0 atom stereocenters. The molecule has 0 bridgehead atoms. The molecule has 2 aromatic rings. The van der Waals surface area contributed by atoms with Crippen LogP contribution in [0.2, 0.25) is 0 Å². The number of rotatable bonds is 6. The van der Waals surface area contributed by atoms with Gasteiger partial charge in [-0.2, -0.15) is 0 Å². The zero-order valence-electron chi connectivity index (χ0n) is 13.9. The van der Waals surface area contributed by atoms with Gasteiger partial charge < -0.3 is 4.90 Å². The Bertz CT molecular complexity index is 860. The molecule has 25 heavy (non-hydrogen) atoms. The molecule has 0 heterocycles. The van der Waals surface area contributed by atoms with Crippen molar-refractivity contribution in [2.24, 2.45) is 0 Å². The predicted molar refractivity (Wildman–Crippen MR) is 98.4 cm³/mol. The number of hydrogen-bond donors (Lipinski definition) is 1. The summed E-state index contributed by atoms with van der Waals surface area (Å²) in [4.78, 5) is 13.9. The Morgan fingerprint density at radius 1 is 1.12 bits per heavy atom. The summed E-state index contributed by atoms with van der Waals surface area (Å²) in [5.74, 6) is -0.585. The van der Waals surface area contributed by atoms with Crippen LogP contribution >= 0.6 is 0 Å². The van der Waals surface area contributed by atoms with E-state index in [0.717, 1.165) is 11.8 Å². The maximum Gasteiger partial charge on any atom is 0.250 e. The molecular formula is C18H19FN2O3S. The zero-order chi connectivity index (χ0) is 18.4. The number of amides is 1. The van der Waals surface area contributed by atoms with Crippen molar-refractivity contribution >= 4 is 33.4 Å². The first-order chi connectivity index (χ1) is 11.8. The molecule has 1 N–H and O–H groups in total. The van der Waals surface area contributed by atoms with Gasteiger partial charge in [0.2, 0.25) is 10.0 Å². The van der Waals surface area contributed by atoms with Crippen LogP contribution in [0.15, 0.2) is 54.6 Å². The SMILES string of the molecule is CCN(C(=O)/C=C/c1ccc(NS(C)(=O)=O)cc1)c1ccc(F)cc1. The minimum absolute atomic E-state index is 0.229. The molecule has 0 unspecified atom stereocenters.